The summed E-state index contributed by atoms with van der Waals surface area (Å²) in [6, 6.07) is 2.74. The molecule has 1 unspecified atom stereocenters. The maximum atomic E-state index is 12.6. The second kappa shape index (κ2) is 12.6. The zero-order chi connectivity index (χ0) is 22.8. The Hall–Kier alpha value is -1.65. The number of nitrogens with one attached hydrogen (secondary N) is 1. The van der Waals surface area contributed by atoms with E-state index in [4.69, 9.17) is 4.74 Å². The first-order chi connectivity index (χ1) is 15.6. The molecule has 3 aliphatic rings. The number of ether oxygens (including phenoxy) is 1. The third-order valence-electron chi connectivity index (χ3n) is 7.89. The van der Waals surface area contributed by atoms with Crippen molar-refractivity contribution >= 4 is 11.8 Å². The lowest BCUT2D eigenvalue weighted by Gasteiger charge is -2.46. The van der Waals surface area contributed by atoms with Crippen LogP contribution in [-0.4, -0.2) is 74.1 Å². The van der Waals surface area contributed by atoms with Gasteiger partial charge in [-0.1, -0.05) is 39.0 Å². The van der Waals surface area contributed by atoms with Crippen molar-refractivity contribution in [2.75, 3.05) is 52.5 Å². The molecule has 1 N–H and O–H groups in total. The topological polar surface area (TPSA) is 85.7 Å². The molecular weight excluding hydrogens is 404 g/mol. The minimum absolute atomic E-state index is 0.0315. The second-order valence-corrected chi connectivity index (χ2v) is 9.91. The molecule has 3 rings (SSSR count). The summed E-state index contributed by atoms with van der Waals surface area (Å²) < 4.78 is 5.29. The fraction of sp³-hybridized carbons (Fsp3) is 0.880. The maximum absolute atomic E-state index is 12.6. The standard InChI is InChI=1S/C25H42N4O3/c1-2-12-28-13-10-25(20-26,11-14-28)22(21-6-4-3-5-7-21)19-27-23(30)8-9-24(31)29-15-17-32-18-16-29/h21-22H,2-19H2,1H3,(H,27,30). The summed E-state index contributed by atoms with van der Waals surface area (Å²) >= 11 is 0. The van der Waals surface area contributed by atoms with Crippen molar-refractivity contribution in [1.82, 2.24) is 15.1 Å². The molecule has 1 aliphatic carbocycles. The minimum Gasteiger partial charge on any atom is -0.378 e. The van der Waals surface area contributed by atoms with Crippen molar-refractivity contribution in [2.45, 2.75) is 71.1 Å². The van der Waals surface area contributed by atoms with E-state index in [2.05, 4.69) is 23.2 Å². The number of rotatable bonds is 9. The van der Waals surface area contributed by atoms with Crippen LogP contribution >= 0.6 is 0 Å². The number of hydrogen-bond donors (Lipinski definition) is 1. The Morgan fingerprint density at radius 1 is 1.09 bits per heavy atom. The van der Waals surface area contributed by atoms with Crippen LogP contribution in [0, 0.1) is 28.6 Å². The summed E-state index contributed by atoms with van der Waals surface area (Å²) in [6.07, 6.45) is 9.47. The largest absolute Gasteiger partial charge is 0.378 e. The van der Waals surface area contributed by atoms with Gasteiger partial charge in [0.05, 0.1) is 24.7 Å². The molecule has 1 atom stereocenters. The zero-order valence-corrected chi connectivity index (χ0v) is 19.9. The van der Waals surface area contributed by atoms with Crippen molar-refractivity contribution < 1.29 is 14.3 Å². The molecular formula is C25H42N4O3. The summed E-state index contributed by atoms with van der Waals surface area (Å²) in [5.41, 5.74) is -0.344. The van der Waals surface area contributed by atoms with E-state index in [1.165, 1.54) is 19.3 Å². The van der Waals surface area contributed by atoms with E-state index in [0.29, 0.717) is 38.8 Å². The lowest BCUT2D eigenvalue weighted by atomic mass is 9.62. The van der Waals surface area contributed by atoms with Crippen LogP contribution < -0.4 is 5.32 Å². The quantitative estimate of drug-likeness (QED) is 0.589. The lowest BCUT2D eigenvalue weighted by Crippen LogP contribution is -2.49. The molecule has 0 radical (unpaired) electrons. The van der Waals surface area contributed by atoms with E-state index in [9.17, 15) is 14.9 Å². The number of piperidine rings is 1. The molecule has 2 aliphatic heterocycles. The van der Waals surface area contributed by atoms with Gasteiger partial charge in [-0.3, -0.25) is 9.59 Å². The van der Waals surface area contributed by atoms with Crippen molar-refractivity contribution in [3.8, 4) is 6.07 Å². The van der Waals surface area contributed by atoms with Gasteiger partial charge in [-0.25, -0.2) is 0 Å². The SMILES string of the molecule is CCCN1CCC(C#N)(C(CNC(=O)CCC(=O)N2CCOCC2)C2CCCCC2)CC1. The van der Waals surface area contributed by atoms with Gasteiger partial charge in [-0.05, 0) is 50.7 Å². The molecule has 32 heavy (non-hydrogen) atoms. The average Bonchev–Trinajstić information content (AvgIpc) is 2.85. The van der Waals surface area contributed by atoms with Crippen LogP contribution in [0.15, 0.2) is 0 Å². The summed E-state index contributed by atoms with van der Waals surface area (Å²) in [5.74, 6) is 0.680. The molecule has 2 heterocycles. The van der Waals surface area contributed by atoms with Gasteiger partial charge in [0, 0.05) is 32.5 Å². The smallest absolute Gasteiger partial charge is 0.223 e. The lowest BCUT2D eigenvalue weighted by molar-refractivity contribution is -0.137. The molecule has 0 bridgehead atoms. The monoisotopic (exact) mass is 446 g/mol. The maximum Gasteiger partial charge on any atom is 0.223 e. The normalized spacial score (nSPS) is 23.3. The number of carbonyl (C=O) groups excluding carboxylic acids is 2. The molecule has 7 heteroatoms. The van der Waals surface area contributed by atoms with Crippen LogP contribution in [0.1, 0.15) is 71.1 Å². The Kier molecular flexibility index (Phi) is 9.80. The molecule has 2 saturated heterocycles. The number of morpholine rings is 1. The van der Waals surface area contributed by atoms with Crippen LogP contribution in [0.2, 0.25) is 0 Å². The van der Waals surface area contributed by atoms with Crippen LogP contribution in [0.25, 0.3) is 0 Å². The first kappa shape index (κ1) is 25.0. The number of carbonyl (C=O) groups is 2. The van der Waals surface area contributed by atoms with E-state index in [0.717, 1.165) is 51.7 Å². The highest BCUT2D eigenvalue weighted by molar-refractivity contribution is 5.83. The van der Waals surface area contributed by atoms with E-state index in [-0.39, 0.29) is 36.0 Å². The van der Waals surface area contributed by atoms with E-state index < -0.39 is 0 Å². The molecule has 3 fully saturated rings. The van der Waals surface area contributed by atoms with Crippen molar-refractivity contribution in [3.05, 3.63) is 0 Å². The highest BCUT2D eigenvalue weighted by atomic mass is 16.5. The summed E-state index contributed by atoms with van der Waals surface area (Å²) in [7, 11) is 0. The van der Waals surface area contributed by atoms with Crippen molar-refractivity contribution in [3.63, 3.8) is 0 Å². The third-order valence-corrected chi connectivity index (χ3v) is 7.89. The minimum atomic E-state index is -0.344. The molecule has 180 valence electrons. The van der Waals surface area contributed by atoms with Gasteiger partial charge in [-0.2, -0.15) is 5.26 Å². The van der Waals surface area contributed by atoms with Crippen LogP contribution in [0.5, 0.6) is 0 Å². The first-order valence-corrected chi connectivity index (χ1v) is 12.8. The van der Waals surface area contributed by atoms with Gasteiger partial charge in [0.1, 0.15) is 0 Å². The summed E-state index contributed by atoms with van der Waals surface area (Å²) in [4.78, 5) is 29.3. The van der Waals surface area contributed by atoms with Crippen LogP contribution in [0.3, 0.4) is 0 Å². The average molecular weight is 447 g/mol. The summed E-state index contributed by atoms with van der Waals surface area (Å²) in [5, 5.41) is 13.4. The van der Waals surface area contributed by atoms with Crippen molar-refractivity contribution in [1.29, 1.82) is 5.26 Å². The fourth-order valence-electron chi connectivity index (χ4n) is 5.91. The predicted molar refractivity (Wildman–Crippen MR) is 124 cm³/mol. The number of hydrogen-bond acceptors (Lipinski definition) is 5. The Bertz CT molecular complexity index is 642. The predicted octanol–water partition coefficient (Wildman–Crippen LogP) is 2.95. The van der Waals surface area contributed by atoms with Crippen LogP contribution in [-0.2, 0) is 14.3 Å². The van der Waals surface area contributed by atoms with E-state index in [1.54, 1.807) is 4.90 Å². The van der Waals surface area contributed by atoms with Crippen molar-refractivity contribution in [2.24, 2.45) is 17.3 Å². The summed E-state index contributed by atoms with van der Waals surface area (Å²) in [6.45, 7) is 8.21. The van der Waals surface area contributed by atoms with Gasteiger partial charge in [0.2, 0.25) is 11.8 Å². The number of likely N-dealkylation sites (tertiary alicyclic amines) is 1. The number of amides is 2. The zero-order valence-electron chi connectivity index (χ0n) is 19.9. The molecule has 2 amide bonds. The molecule has 1 saturated carbocycles. The Morgan fingerprint density at radius 2 is 1.78 bits per heavy atom. The van der Waals surface area contributed by atoms with Gasteiger partial charge >= 0.3 is 0 Å². The highest BCUT2D eigenvalue weighted by Crippen LogP contribution is 2.46. The Balaban J connectivity index is 1.56. The molecule has 7 nitrogen and oxygen atoms in total. The Labute approximate surface area is 193 Å². The molecule has 0 aromatic rings. The highest BCUT2D eigenvalue weighted by Gasteiger charge is 2.45. The van der Waals surface area contributed by atoms with Gasteiger partial charge in [0.15, 0.2) is 0 Å². The van der Waals surface area contributed by atoms with E-state index >= 15 is 0 Å². The molecule has 0 aromatic carbocycles. The van der Waals surface area contributed by atoms with Gasteiger partial charge < -0.3 is 19.9 Å². The third kappa shape index (κ3) is 6.68. The second-order valence-electron chi connectivity index (χ2n) is 9.91. The van der Waals surface area contributed by atoms with Gasteiger partial charge in [0.25, 0.3) is 0 Å². The number of nitriles is 1. The first-order valence-electron chi connectivity index (χ1n) is 12.8. The van der Waals surface area contributed by atoms with Gasteiger partial charge in [-0.15, -0.1) is 0 Å². The fourth-order valence-corrected chi connectivity index (χ4v) is 5.91. The van der Waals surface area contributed by atoms with E-state index in [1.807, 2.05) is 0 Å². The Morgan fingerprint density at radius 3 is 2.41 bits per heavy atom. The molecule has 0 spiro atoms. The van der Waals surface area contributed by atoms with Crippen LogP contribution in [0.4, 0.5) is 0 Å². The molecule has 0 aromatic heterocycles. The number of nitrogens with zero attached hydrogens (tertiary/aromatic N) is 3.